The molecule has 0 aromatic heterocycles. The lowest BCUT2D eigenvalue weighted by atomic mass is 9.56. The van der Waals surface area contributed by atoms with Crippen molar-refractivity contribution in [1.82, 2.24) is 4.90 Å². The topological polar surface area (TPSA) is 41.9 Å². The summed E-state index contributed by atoms with van der Waals surface area (Å²) >= 11 is 0. The van der Waals surface area contributed by atoms with Gasteiger partial charge in [0.15, 0.2) is 11.5 Å². The fourth-order valence-electron chi connectivity index (χ4n) is 5.15. The van der Waals surface area contributed by atoms with Gasteiger partial charge in [-0.1, -0.05) is 19.9 Å². The molecule has 1 N–H and O–H groups in total. The molecule has 0 bridgehead atoms. The number of likely N-dealkylation sites (tertiary alicyclic amines) is 1. The Morgan fingerprint density at radius 2 is 1.83 bits per heavy atom. The van der Waals surface area contributed by atoms with Crippen LogP contribution in [-0.4, -0.2) is 50.0 Å². The minimum Gasteiger partial charge on any atom is -0.493 e. The van der Waals surface area contributed by atoms with Crippen LogP contribution in [-0.2, 0) is 5.41 Å². The molecule has 1 aliphatic heterocycles. The Balaban J connectivity index is 2.09. The average Bonchev–Trinajstić information content (AvgIpc) is 2.90. The second-order valence-electron chi connectivity index (χ2n) is 7.73. The third-order valence-corrected chi connectivity index (χ3v) is 6.26. The van der Waals surface area contributed by atoms with Crippen LogP contribution in [0.4, 0.5) is 0 Å². The van der Waals surface area contributed by atoms with Crippen molar-refractivity contribution >= 4 is 0 Å². The summed E-state index contributed by atoms with van der Waals surface area (Å²) in [6.07, 6.45) is 2.74. The standard InChI is InChI=1S/C19H29NO3/c1-18(2)16(21)8-9-19(10-11-20(3)17(18)19)13-6-7-14(22-4)15(12-13)23-5/h6-7,12,16-17,21H,8-11H2,1-5H3/t16?,17?,19-/m0/s1. The largest absolute Gasteiger partial charge is 0.493 e. The summed E-state index contributed by atoms with van der Waals surface area (Å²) in [5.41, 5.74) is 1.26. The monoisotopic (exact) mass is 319 g/mol. The van der Waals surface area contributed by atoms with E-state index in [2.05, 4.69) is 37.9 Å². The van der Waals surface area contributed by atoms with Crippen LogP contribution in [0.15, 0.2) is 18.2 Å². The molecule has 2 aliphatic rings. The highest BCUT2D eigenvalue weighted by Gasteiger charge is 2.58. The van der Waals surface area contributed by atoms with Crippen LogP contribution in [0.5, 0.6) is 11.5 Å². The van der Waals surface area contributed by atoms with Gasteiger partial charge in [0.05, 0.1) is 20.3 Å². The Bertz CT molecular complexity index is 586. The van der Waals surface area contributed by atoms with Gasteiger partial charge in [-0.25, -0.2) is 0 Å². The van der Waals surface area contributed by atoms with Gasteiger partial charge in [-0.15, -0.1) is 0 Å². The average molecular weight is 319 g/mol. The van der Waals surface area contributed by atoms with Gasteiger partial charge in [-0.05, 0) is 50.6 Å². The molecule has 1 heterocycles. The lowest BCUT2D eigenvalue weighted by molar-refractivity contribution is -0.0619. The number of benzene rings is 1. The Morgan fingerprint density at radius 3 is 2.48 bits per heavy atom. The summed E-state index contributed by atoms with van der Waals surface area (Å²) in [4.78, 5) is 2.43. The normalized spacial score (nSPS) is 33.3. The molecule has 1 aliphatic carbocycles. The molecule has 2 fully saturated rings. The van der Waals surface area contributed by atoms with E-state index in [0.29, 0.717) is 6.04 Å². The van der Waals surface area contributed by atoms with Crippen molar-refractivity contribution in [2.24, 2.45) is 5.41 Å². The van der Waals surface area contributed by atoms with E-state index in [-0.39, 0.29) is 16.9 Å². The van der Waals surface area contributed by atoms with Gasteiger partial charge in [0.1, 0.15) is 0 Å². The molecule has 0 spiro atoms. The maximum Gasteiger partial charge on any atom is 0.161 e. The lowest BCUT2D eigenvalue weighted by Gasteiger charge is -2.53. The summed E-state index contributed by atoms with van der Waals surface area (Å²) in [7, 11) is 5.54. The van der Waals surface area contributed by atoms with E-state index in [1.165, 1.54) is 5.56 Å². The Morgan fingerprint density at radius 1 is 1.13 bits per heavy atom. The maximum absolute atomic E-state index is 10.6. The Kier molecular flexibility index (Phi) is 4.09. The first kappa shape index (κ1) is 16.6. The van der Waals surface area contributed by atoms with Crippen molar-refractivity contribution in [2.45, 2.75) is 50.7 Å². The first-order chi connectivity index (χ1) is 10.9. The van der Waals surface area contributed by atoms with Gasteiger partial charge in [0, 0.05) is 16.9 Å². The molecule has 0 radical (unpaired) electrons. The van der Waals surface area contributed by atoms with Gasteiger partial charge in [-0.3, -0.25) is 0 Å². The van der Waals surface area contributed by atoms with Crippen molar-refractivity contribution in [3.8, 4) is 11.5 Å². The summed E-state index contributed by atoms with van der Waals surface area (Å²) in [5, 5.41) is 10.6. The minimum atomic E-state index is -0.249. The van der Waals surface area contributed by atoms with E-state index in [1.807, 2.05) is 6.07 Å². The van der Waals surface area contributed by atoms with Gasteiger partial charge in [-0.2, -0.15) is 0 Å². The highest BCUT2D eigenvalue weighted by molar-refractivity contribution is 5.47. The van der Waals surface area contributed by atoms with E-state index >= 15 is 0 Å². The fraction of sp³-hybridized carbons (Fsp3) is 0.684. The van der Waals surface area contributed by atoms with E-state index in [1.54, 1.807) is 14.2 Å². The highest BCUT2D eigenvalue weighted by Crippen LogP contribution is 2.55. The SMILES string of the molecule is COc1ccc([C@@]23CCC(O)C(C)(C)C2N(C)CC3)cc1OC. The Labute approximate surface area is 139 Å². The molecular formula is C19H29NO3. The molecule has 128 valence electrons. The highest BCUT2D eigenvalue weighted by atomic mass is 16.5. The zero-order valence-electron chi connectivity index (χ0n) is 14.9. The predicted octanol–water partition coefficient (Wildman–Crippen LogP) is 2.83. The van der Waals surface area contributed by atoms with E-state index in [0.717, 1.165) is 37.3 Å². The molecule has 3 rings (SSSR count). The van der Waals surface area contributed by atoms with E-state index in [9.17, 15) is 5.11 Å². The molecule has 1 saturated heterocycles. The van der Waals surface area contributed by atoms with Crippen LogP contribution in [0.2, 0.25) is 0 Å². The third kappa shape index (κ3) is 2.34. The van der Waals surface area contributed by atoms with E-state index < -0.39 is 0 Å². The third-order valence-electron chi connectivity index (χ3n) is 6.26. The smallest absolute Gasteiger partial charge is 0.161 e. The molecule has 2 unspecified atom stereocenters. The number of rotatable bonds is 3. The van der Waals surface area contributed by atoms with Crippen molar-refractivity contribution in [1.29, 1.82) is 0 Å². The minimum absolute atomic E-state index is 0.0804. The van der Waals surface area contributed by atoms with Crippen LogP contribution >= 0.6 is 0 Å². The summed E-state index contributed by atoms with van der Waals surface area (Å²) in [5.74, 6) is 1.56. The van der Waals surface area contributed by atoms with Crippen molar-refractivity contribution in [2.75, 3.05) is 27.8 Å². The molecule has 0 amide bonds. The van der Waals surface area contributed by atoms with Gasteiger partial charge >= 0.3 is 0 Å². The van der Waals surface area contributed by atoms with Gasteiger partial charge < -0.3 is 19.5 Å². The number of fused-ring (bicyclic) bond motifs is 1. The van der Waals surface area contributed by atoms with Crippen molar-refractivity contribution in [3.05, 3.63) is 23.8 Å². The zero-order valence-corrected chi connectivity index (χ0v) is 14.9. The summed E-state index contributed by atoms with van der Waals surface area (Å²) in [6, 6.07) is 6.66. The molecule has 4 heteroatoms. The van der Waals surface area contributed by atoms with Crippen LogP contribution < -0.4 is 9.47 Å². The van der Waals surface area contributed by atoms with Crippen LogP contribution in [0, 0.1) is 5.41 Å². The maximum atomic E-state index is 10.6. The fourth-order valence-corrected chi connectivity index (χ4v) is 5.15. The second kappa shape index (κ2) is 5.67. The van der Waals surface area contributed by atoms with Gasteiger partial charge in [0.25, 0.3) is 0 Å². The van der Waals surface area contributed by atoms with E-state index in [4.69, 9.17) is 9.47 Å². The number of hydrogen-bond acceptors (Lipinski definition) is 4. The summed E-state index contributed by atoms with van der Waals surface area (Å²) in [6.45, 7) is 5.48. The number of likely N-dealkylation sites (N-methyl/N-ethyl adjacent to an activating group) is 1. The zero-order chi connectivity index (χ0) is 16.8. The molecular weight excluding hydrogens is 290 g/mol. The Hall–Kier alpha value is -1.26. The first-order valence-electron chi connectivity index (χ1n) is 8.47. The molecule has 3 atom stereocenters. The molecule has 1 aromatic carbocycles. The first-order valence-corrected chi connectivity index (χ1v) is 8.47. The lowest BCUT2D eigenvalue weighted by Crippen LogP contribution is -2.58. The van der Waals surface area contributed by atoms with Crippen molar-refractivity contribution in [3.63, 3.8) is 0 Å². The van der Waals surface area contributed by atoms with Crippen molar-refractivity contribution < 1.29 is 14.6 Å². The molecule has 4 nitrogen and oxygen atoms in total. The second-order valence-corrected chi connectivity index (χ2v) is 7.73. The molecule has 1 aromatic rings. The van der Waals surface area contributed by atoms with Crippen LogP contribution in [0.25, 0.3) is 0 Å². The number of methoxy groups -OCH3 is 2. The molecule has 23 heavy (non-hydrogen) atoms. The summed E-state index contributed by atoms with van der Waals surface area (Å²) < 4.78 is 10.9. The predicted molar refractivity (Wildman–Crippen MR) is 91.3 cm³/mol. The quantitative estimate of drug-likeness (QED) is 0.930. The number of ether oxygens (including phenoxy) is 2. The number of aliphatic hydroxyl groups excluding tert-OH is 1. The van der Waals surface area contributed by atoms with Crippen LogP contribution in [0.1, 0.15) is 38.7 Å². The molecule has 1 saturated carbocycles. The number of nitrogens with zero attached hydrogens (tertiary/aromatic N) is 1. The van der Waals surface area contributed by atoms with Crippen LogP contribution in [0.3, 0.4) is 0 Å². The number of aliphatic hydroxyl groups is 1. The number of hydrogen-bond donors (Lipinski definition) is 1. The van der Waals surface area contributed by atoms with Gasteiger partial charge in [0.2, 0.25) is 0 Å².